The van der Waals surface area contributed by atoms with Crippen LogP contribution in [-0.2, 0) is 6.54 Å². The molecule has 124 valence electrons. The Balaban J connectivity index is 1.53. The Morgan fingerprint density at radius 3 is 3.00 bits per heavy atom. The minimum absolute atomic E-state index is 0.186. The second kappa shape index (κ2) is 6.67. The van der Waals surface area contributed by atoms with Crippen LogP contribution < -0.4 is 0 Å². The lowest BCUT2D eigenvalue weighted by atomic mass is 10.2. The molecule has 0 unspecified atom stereocenters. The van der Waals surface area contributed by atoms with Gasteiger partial charge in [-0.25, -0.2) is 0 Å². The Morgan fingerprint density at radius 1 is 1.29 bits per heavy atom. The van der Waals surface area contributed by atoms with Crippen molar-refractivity contribution in [3.8, 4) is 10.8 Å². The minimum atomic E-state index is 0.186. The zero-order chi connectivity index (χ0) is 16.5. The number of aromatic nitrogens is 2. The first-order valence-corrected chi connectivity index (χ1v) is 9.27. The highest BCUT2D eigenvalue weighted by molar-refractivity contribution is 7.15. The lowest BCUT2D eigenvalue weighted by Gasteiger charge is -2.21. The topological polar surface area (TPSA) is 42.2 Å². The number of nitrogens with zero attached hydrogens (tertiary/aromatic N) is 3. The van der Waals surface area contributed by atoms with Crippen LogP contribution in [0.5, 0.6) is 0 Å². The van der Waals surface area contributed by atoms with Crippen molar-refractivity contribution in [3.05, 3.63) is 57.8 Å². The van der Waals surface area contributed by atoms with E-state index in [9.17, 15) is 0 Å². The molecule has 0 spiro atoms. The number of hydrogen-bond donors (Lipinski definition) is 0. The average Bonchev–Trinajstić information content (AvgIpc) is 3.27. The molecule has 1 aromatic carbocycles. The monoisotopic (exact) mass is 359 g/mol. The standard InChI is InChI=1S/C18H18ClN3OS/c1-12-7-8-16(24-12)18-21-20-17(23-18)15-6-3-9-22(15)11-13-4-2-5-14(19)10-13/h2,4-5,7-8,10,15H,3,6,9,11H2,1H3/t15-/m1/s1. The SMILES string of the molecule is Cc1ccc(-c2nnc([C@H]3CCCN3Cc3cccc(Cl)c3)o2)s1. The van der Waals surface area contributed by atoms with Crippen molar-refractivity contribution in [2.75, 3.05) is 6.54 Å². The second-order valence-electron chi connectivity index (χ2n) is 6.11. The molecule has 4 nitrogen and oxygen atoms in total. The van der Waals surface area contributed by atoms with Crippen LogP contribution in [0.3, 0.4) is 0 Å². The highest BCUT2D eigenvalue weighted by atomic mass is 35.5. The van der Waals surface area contributed by atoms with Gasteiger partial charge in [-0.05, 0) is 56.1 Å². The van der Waals surface area contributed by atoms with Crippen LogP contribution in [-0.4, -0.2) is 21.6 Å². The van der Waals surface area contributed by atoms with Crippen LogP contribution in [0.4, 0.5) is 0 Å². The maximum Gasteiger partial charge on any atom is 0.257 e. The first kappa shape index (κ1) is 15.8. The van der Waals surface area contributed by atoms with Crippen molar-refractivity contribution in [2.45, 2.75) is 32.4 Å². The summed E-state index contributed by atoms with van der Waals surface area (Å²) in [6.45, 7) is 3.96. The normalized spacial score (nSPS) is 18.3. The number of hydrogen-bond acceptors (Lipinski definition) is 5. The summed E-state index contributed by atoms with van der Waals surface area (Å²) in [5.41, 5.74) is 1.21. The molecule has 0 radical (unpaired) electrons. The highest BCUT2D eigenvalue weighted by Crippen LogP contribution is 2.35. The van der Waals surface area contributed by atoms with Gasteiger partial charge in [-0.2, -0.15) is 0 Å². The van der Waals surface area contributed by atoms with Crippen molar-refractivity contribution in [1.82, 2.24) is 15.1 Å². The summed E-state index contributed by atoms with van der Waals surface area (Å²) >= 11 is 7.78. The molecule has 0 amide bonds. The second-order valence-corrected chi connectivity index (χ2v) is 7.84. The number of benzene rings is 1. The van der Waals surface area contributed by atoms with E-state index < -0.39 is 0 Å². The van der Waals surface area contributed by atoms with Crippen molar-refractivity contribution >= 4 is 22.9 Å². The number of aryl methyl sites for hydroxylation is 1. The smallest absolute Gasteiger partial charge is 0.257 e. The maximum absolute atomic E-state index is 6.10. The summed E-state index contributed by atoms with van der Waals surface area (Å²) < 4.78 is 5.98. The van der Waals surface area contributed by atoms with Crippen LogP contribution in [0.25, 0.3) is 10.8 Å². The molecular formula is C18H18ClN3OS. The fraction of sp³-hybridized carbons (Fsp3) is 0.333. The lowest BCUT2D eigenvalue weighted by Crippen LogP contribution is -2.23. The van der Waals surface area contributed by atoms with Gasteiger partial charge in [0, 0.05) is 16.4 Å². The molecule has 4 rings (SSSR count). The first-order valence-electron chi connectivity index (χ1n) is 8.08. The van der Waals surface area contributed by atoms with Crippen LogP contribution >= 0.6 is 22.9 Å². The van der Waals surface area contributed by atoms with Gasteiger partial charge in [0.25, 0.3) is 5.89 Å². The largest absolute Gasteiger partial charge is 0.418 e. The molecule has 1 saturated heterocycles. The fourth-order valence-electron chi connectivity index (χ4n) is 3.18. The molecule has 3 heterocycles. The van der Waals surface area contributed by atoms with Gasteiger partial charge >= 0.3 is 0 Å². The third-order valence-electron chi connectivity index (χ3n) is 4.32. The van der Waals surface area contributed by atoms with Crippen molar-refractivity contribution in [2.24, 2.45) is 0 Å². The molecule has 3 aromatic rings. The van der Waals surface area contributed by atoms with Gasteiger partial charge < -0.3 is 4.42 Å². The minimum Gasteiger partial charge on any atom is -0.418 e. The van der Waals surface area contributed by atoms with Crippen molar-refractivity contribution < 1.29 is 4.42 Å². The van der Waals surface area contributed by atoms with Crippen molar-refractivity contribution in [1.29, 1.82) is 0 Å². The summed E-state index contributed by atoms with van der Waals surface area (Å²) in [5, 5.41) is 9.34. The van der Waals surface area contributed by atoms with Crippen LogP contribution in [0.1, 0.15) is 35.2 Å². The van der Waals surface area contributed by atoms with Gasteiger partial charge in [0.1, 0.15) is 0 Å². The molecule has 1 atom stereocenters. The molecule has 0 saturated carbocycles. The predicted molar refractivity (Wildman–Crippen MR) is 96.2 cm³/mol. The molecule has 1 fully saturated rings. The summed E-state index contributed by atoms with van der Waals surface area (Å²) in [6.07, 6.45) is 2.19. The van der Waals surface area contributed by atoms with E-state index in [0.29, 0.717) is 5.89 Å². The van der Waals surface area contributed by atoms with E-state index in [2.05, 4.69) is 34.2 Å². The molecule has 0 bridgehead atoms. The fourth-order valence-corrected chi connectivity index (χ4v) is 4.18. The van der Waals surface area contributed by atoms with Gasteiger partial charge in [0.15, 0.2) is 0 Å². The lowest BCUT2D eigenvalue weighted by molar-refractivity contribution is 0.215. The number of thiophene rings is 1. The van der Waals surface area contributed by atoms with Crippen LogP contribution in [0.2, 0.25) is 5.02 Å². The number of rotatable bonds is 4. The van der Waals surface area contributed by atoms with E-state index in [1.807, 2.05) is 24.3 Å². The van der Waals surface area contributed by atoms with Gasteiger partial charge in [-0.3, -0.25) is 4.90 Å². The van der Waals surface area contributed by atoms with E-state index in [1.165, 1.54) is 10.4 Å². The quantitative estimate of drug-likeness (QED) is 0.650. The van der Waals surface area contributed by atoms with E-state index in [4.69, 9.17) is 16.0 Å². The van der Waals surface area contributed by atoms with E-state index >= 15 is 0 Å². The summed E-state index contributed by atoms with van der Waals surface area (Å²) in [7, 11) is 0. The van der Waals surface area contributed by atoms with Gasteiger partial charge in [-0.1, -0.05) is 23.7 Å². The van der Waals surface area contributed by atoms with Crippen molar-refractivity contribution in [3.63, 3.8) is 0 Å². The molecule has 0 N–H and O–H groups in total. The Hall–Kier alpha value is -1.69. The summed E-state index contributed by atoms with van der Waals surface area (Å²) in [5.74, 6) is 1.34. The molecule has 2 aromatic heterocycles. The summed E-state index contributed by atoms with van der Waals surface area (Å²) in [4.78, 5) is 4.67. The van der Waals surface area contributed by atoms with Gasteiger partial charge in [0.05, 0.1) is 10.9 Å². The Morgan fingerprint density at radius 2 is 2.21 bits per heavy atom. The highest BCUT2D eigenvalue weighted by Gasteiger charge is 2.30. The Bertz CT molecular complexity index is 844. The maximum atomic E-state index is 6.10. The van der Waals surface area contributed by atoms with E-state index in [-0.39, 0.29) is 6.04 Å². The third kappa shape index (κ3) is 3.24. The molecule has 1 aliphatic rings. The van der Waals surface area contributed by atoms with Gasteiger partial charge in [-0.15, -0.1) is 21.5 Å². The summed E-state index contributed by atoms with van der Waals surface area (Å²) in [6, 6.07) is 12.3. The molecular weight excluding hydrogens is 342 g/mol. The van der Waals surface area contributed by atoms with Crippen LogP contribution in [0, 0.1) is 6.92 Å². The number of halogens is 1. The van der Waals surface area contributed by atoms with E-state index in [1.54, 1.807) is 11.3 Å². The average molecular weight is 360 g/mol. The van der Waals surface area contributed by atoms with E-state index in [0.717, 1.165) is 41.7 Å². The zero-order valence-electron chi connectivity index (χ0n) is 13.4. The predicted octanol–water partition coefficient (Wildman–Crippen LogP) is 5.10. The first-order chi connectivity index (χ1) is 11.7. The van der Waals surface area contributed by atoms with Crippen LogP contribution in [0.15, 0.2) is 40.8 Å². The molecule has 6 heteroatoms. The molecule has 24 heavy (non-hydrogen) atoms. The Kier molecular flexibility index (Phi) is 4.39. The zero-order valence-corrected chi connectivity index (χ0v) is 15.0. The number of likely N-dealkylation sites (tertiary alicyclic amines) is 1. The van der Waals surface area contributed by atoms with Gasteiger partial charge in [0.2, 0.25) is 5.89 Å². The molecule has 0 aliphatic carbocycles. The molecule has 1 aliphatic heterocycles. The Labute approximate surface area is 150 Å². The third-order valence-corrected chi connectivity index (χ3v) is 5.54.